The SMILES string of the molecule is O=C(NCc1ccc2c(c1)OCCO2)Nc1ccccc1F. The number of para-hydroxylation sites is 1. The molecule has 0 aromatic heterocycles. The van der Waals surface area contributed by atoms with Crippen LogP contribution in [0.25, 0.3) is 0 Å². The highest BCUT2D eigenvalue weighted by Crippen LogP contribution is 2.30. The molecule has 0 saturated heterocycles. The molecule has 0 saturated carbocycles. The standard InChI is InChI=1S/C16H15FN2O3/c17-12-3-1-2-4-13(12)19-16(20)18-10-11-5-6-14-15(9-11)22-8-7-21-14/h1-6,9H,7-8,10H2,(H2,18,19,20). The number of carbonyl (C=O) groups is 1. The molecule has 3 rings (SSSR count). The van der Waals surface area contributed by atoms with Crippen molar-refractivity contribution in [3.63, 3.8) is 0 Å². The third-order valence-electron chi connectivity index (χ3n) is 3.18. The molecule has 0 atom stereocenters. The second-order valence-corrected chi connectivity index (χ2v) is 4.77. The van der Waals surface area contributed by atoms with Crippen molar-refractivity contribution in [2.24, 2.45) is 0 Å². The molecule has 2 N–H and O–H groups in total. The van der Waals surface area contributed by atoms with Gasteiger partial charge in [0.05, 0.1) is 5.69 Å². The molecule has 0 spiro atoms. The molecule has 2 amide bonds. The first kappa shape index (κ1) is 14.2. The van der Waals surface area contributed by atoms with Crippen molar-refractivity contribution in [1.29, 1.82) is 0 Å². The summed E-state index contributed by atoms with van der Waals surface area (Å²) in [5, 5.41) is 5.13. The number of benzene rings is 2. The number of anilines is 1. The lowest BCUT2D eigenvalue weighted by Gasteiger charge is -2.19. The number of fused-ring (bicyclic) bond motifs is 1. The van der Waals surface area contributed by atoms with Crippen molar-refractivity contribution in [3.8, 4) is 11.5 Å². The first-order valence-electron chi connectivity index (χ1n) is 6.90. The second-order valence-electron chi connectivity index (χ2n) is 4.77. The third kappa shape index (κ3) is 3.28. The Kier molecular flexibility index (Phi) is 4.09. The largest absolute Gasteiger partial charge is 0.486 e. The van der Waals surface area contributed by atoms with Crippen LogP contribution in [-0.2, 0) is 6.54 Å². The smallest absolute Gasteiger partial charge is 0.319 e. The summed E-state index contributed by atoms with van der Waals surface area (Å²) in [4.78, 5) is 11.8. The van der Waals surface area contributed by atoms with E-state index in [1.807, 2.05) is 12.1 Å². The van der Waals surface area contributed by atoms with Crippen LogP contribution in [0.4, 0.5) is 14.9 Å². The van der Waals surface area contributed by atoms with Crippen molar-refractivity contribution in [3.05, 3.63) is 53.8 Å². The van der Waals surface area contributed by atoms with Crippen molar-refractivity contribution in [2.45, 2.75) is 6.54 Å². The topological polar surface area (TPSA) is 59.6 Å². The average Bonchev–Trinajstić information content (AvgIpc) is 2.55. The van der Waals surface area contributed by atoms with Gasteiger partial charge in [0, 0.05) is 6.54 Å². The lowest BCUT2D eigenvalue weighted by Crippen LogP contribution is -2.28. The normalized spacial score (nSPS) is 12.6. The Balaban J connectivity index is 1.58. The van der Waals surface area contributed by atoms with Crippen LogP contribution in [0.2, 0.25) is 0 Å². The fourth-order valence-corrected chi connectivity index (χ4v) is 2.11. The molecule has 0 aliphatic carbocycles. The van der Waals surface area contributed by atoms with Crippen LogP contribution in [0.5, 0.6) is 11.5 Å². The minimum atomic E-state index is -0.475. The van der Waals surface area contributed by atoms with Gasteiger partial charge in [0.2, 0.25) is 0 Å². The summed E-state index contributed by atoms with van der Waals surface area (Å²) in [7, 11) is 0. The molecule has 22 heavy (non-hydrogen) atoms. The van der Waals surface area contributed by atoms with Crippen LogP contribution in [0.3, 0.4) is 0 Å². The lowest BCUT2D eigenvalue weighted by molar-refractivity contribution is 0.171. The van der Waals surface area contributed by atoms with Gasteiger partial charge < -0.3 is 20.1 Å². The van der Waals surface area contributed by atoms with E-state index in [0.29, 0.717) is 31.3 Å². The van der Waals surface area contributed by atoms with E-state index >= 15 is 0 Å². The molecule has 5 nitrogen and oxygen atoms in total. The second kappa shape index (κ2) is 6.34. The van der Waals surface area contributed by atoms with Gasteiger partial charge in [-0.2, -0.15) is 0 Å². The van der Waals surface area contributed by atoms with Crippen LogP contribution in [-0.4, -0.2) is 19.2 Å². The number of nitrogens with one attached hydrogen (secondary N) is 2. The van der Waals surface area contributed by atoms with Gasteiger partial charge in [-0.3, -0.25) is 0 Å². The number of carbonyl (C=O) groups excluding carboxylic acids is 1. The summed E-state index contributed by atoms with van der Waals surface area (Å²) in [5.74, 6) is 0.892. The van der Waals surface area contributed by atoms with Crippen molar-refractivity contribution >= 4 is 11.7 Å². The number of amides is 2. The molecule has 0 bridgehead atoms. The van der Waals surface area contributed by atoms with Gasteiger partial charge in [-0.05, 0) is 29.8 Å². The van der Waals surface area contributed by atoms with E-state index in [9.17, 15) is 9.18 Å². The Labute approximate surface area is 127 Å². The third-order valence-corrected chi connectivity index (χ3v) is 3.18. The minimum Gasteiger partial charge on any atom is -0.486 e. The Hall–Kier alpha value is -2.76. The maximum atomic E-state index is 13.4. The summed E-state index contributed by atoms with van der Waals surface area (Å²) >= 11 is 0. The van der Waals surface area contributed by atoms with Gasteiger partial charge in [-0.25, -0.2) is 9.18 Å². The van der Waals surface area contributed by atoms with Crippen molar-refractivity contribution in [2.75, 3.05) is 18.5 Å². The van der Waals surface area contributed by atoms with Gasteiger partial charge >= 0.3 is 6.03 Å². The average molecular weight is 302 g/mol. The van der Waals surface area contributed by atoms with Crippen LogP contribution < -0.4 is 20.1 Å². The highest BCUT2D eigenvalue weighted by molar-refractivity contribution is 5.89. The summed E-state index contributed by atoms with van der Waals surface area (Å²) < 4.78 is 24.3. The van der Waals surface area contributed by atoms with Gasteiger partial charge in [0.25, 0.3) is 0 Å². The molecule has 2 aromatic rings. The number of ether oxygens (including phenoxy) is 2. The van der Waals surface area contributed by atoms with Crippen LogP contribution in [0.15, 0.2) is 42.5 Å². The van der Waals surface area contributed by atoms with Crippen LogP contribution >= 0.6 is 0 Å². The number of rotatable bonds is 3. The Morgan fingerprint density at radius 1 is 1.09 bits per heavy atom. The zero-order valence-corrected chi connectivity index (χ0v) is 11.8. The van der Waals surface area contributed by atoms with E-state index in [2.05, 4.69) is 10.6 Å². The first-order chi connectivity index (χ1) is 10.7. The molecule has 0 radical (unpaired) electrons. The van der Waals surface area contributed by atoms with E-state index in [1.54, 1.807) is 18.2 Å². The lowest BCUT2D eigenvalue weighted by atomic mass is 10.2. The monoisotopic (exact) mass is 302 g/mol. The molecule has 1 aliphatic rings. The number of hydrogen-bond donors (Lipinski definition) is 2. The maximum Gasteiger partial charge on any atom is 0.319 e. The molecule has 2 aromatic carbocycles. The van der Waals surface area contributed by atoms with Gasteiger partial charge in [-0.1, -0.05) is 18.2 Å². The number of hydrogen-bond acceptors (Lipinski definition) is 3. The molecular formula is C16H15FN2O3. The fourth-order valence-electron chi connectivity index (χ4n) is 2.11. The Bertz CT molecular complexity index is 691. The summed E-state index contributed by atoms with van der Waals surface area (Å²) in [5.41, 5.74) is 1.01. The number of urea groups is 1. The van der Waals surface area contributed by atoms with Gasteiger partial charge in [0.1, 0.15) is 19.0 Å². The Morgan fingerprint density at radius 2 is 1.86 bits per heavy atom. The summed E-state index contributed by atoms with van der Waals surface area (Å²) in [6.45, 7) is 1.35. The zero-order valence-electron chi connectivity index (χ0n) is 11.8. The van der Waals surface area contributed by atoms with E-state index in [4.69, 9.17) is 9.47 Å². The van der Waals surface area contributed by atoms with E-state index in [0.717, 1.165) is 5.56 Å². The van der Waals surface area contributed by atoms with E-state index in [-0.39, 0.29) is 5.69 Å². The molecule has 0 unspecified atom stereocenters. The predicted octanol–water partition coefficient (Wildman–Crippen LogP) is 2.92. The minimum absolute atomic E-state index is 0.141. The Morgan fingerprint density at radius 3 is 2.68 bits per heavy atom. The first-order valence-corrected chi connectivity index (χ1v) is 6.90. The van der Waals surface area contributed by atoms with E-state index < -0.39 is 11.8 Å². The molecule has 114 valence electrons. The number of halogens is 1. The molecule has 6 heteroatoms. The maximum absolute atomic E-state index is 13.4. The van der Waals surface area contributed by atoms with E-state index in [1.165, 1.54) is 12.1 Å². The van der Waals surface area contributed by atoms with Crippen molar-refractivity contribution in [1.82, 2.24) is 5.32 Å². The quantitative estimate of drug-likeness (QED) is 0.916. The summed E-state index contributed by atoms with van der Waals surface area (Å²) in [6.07, 6.45) is 0. The molecule has 0 fully saturated rings. The fraction of sp³-hybridized carbons (Fsp3) is 0.188. The van der Waals surface area contributed by atoms with Crippen LogP contribution in [0.1, 0.15) is 5.56 Å². The molecule has 1 aliphatic heterocycles. The summed E-state index contributed by atoms with van der Waals surface area (Å²) in [6, 6.07) is 11.0. The van der Waals surface area contributed by atoms with Gasteiger partial charge in [0.15, 0.2) is 11.5 Å². The highest BCUT2D eigenvalue weighted by atomic mass is 19.1. The van der Waals surface area contributed by atoms with Crippen LogP contribution in [0, 0.1) is 5.82 Å². The molecular weight excluding hydrogens is 287 g/mol. The predicted molar refractivity (Wildman–Crippen MR) is 79.7 cm³/mol. The highest BCUT2D eigenvalue weighted by Gasteiger charge is 2.12. The zero-order chi connectivity index (χ0) is 15.4. The molecule has 1 heterocycles. The van der Waals surface area contributed by atoms with Gasteiger partial charge in [-0.15, -0.1) is 0 Å². The van der Waals surface area contributed by atoms with Crippen molar-refractivity contribution < 1.29 is 18.7 Å².